The van der Waals surface area contributed by atoms with E-state index in [9.17, 15) is 4.39 Å². The topological polar surface area (TPSA) is 37.2 Å². The average molecular weight is 388 g/mol. The SMILES string of the molecule is CCN(C)/C=N\c1cc(C)c(C2CC(c3ccc(Cl)c(F)c3)=NO2)cc1C. The summed E-state index contributed by atoms with van der Waals surface area (Å²) in [7, 11) is 1.99. The van der Waals surface area contributed by atoms with Crippen molar-refractivity contribution in [1.29, 1.82) is 0 Å². The van der Waals surface area contributed by atoms with Crippen molar-refractivity contribution >= 4 is 29.3 Å². The predicted octanol–water partition coefficient (Wildman–Crippen LogP) is 5.57. The van der Waals surface area contributed by atoms with Crippen molar-refractivity contribution in [2.45, 2.75) is 33.3 Å². The Labute approximate surface area is 164 Å². The molecule has 142 valence electrons. The molecule has 0 amide bonds. The summed E-state index contributed by atoms with van der Waals surface area (Å²) < 4.78 is 13.7. The summed E-state index contributed by atoms with van der Waals surface area (Å²) in [6.07, 6.45) is 2.24. The van der Waals surface area contributed by atoms with E-state index in [0.717, 1.165) is 34.6 Å². The summed E-state index contributed by atoms with van der Waals surface area (Å²) >= 11 is 5.76. The number of aliphatic imine (C=N–C) groups is 1. The molecular weight excluding hydrogens is 365 g/mol. The van der Waals surface area contributed by atoms with E-state index in [1.807, 2.05) is 32.1 Å². The first-order valence-electron chi connectivity index (χ1n) is 8.92. The van der Waals surface area contributed by atoms with Crippen LogP contribution < -0.4 is 0 Å². The molecule has 2 aromatic carbocycles. The first-order valence-corrected chi connectivity index (χ1v) is 9.30. The van der Waals surface area contributed by atoms with Crippen LogP contribution >= 0.6 is 11.6 Å². The average Bonchev–Trinajstić information content (AvgIpc) is 3.13. The first kappa shape index (κ1) is 19.4. The molecule has 1 heterocycles. The van der Waals surface area contributed by atoms with Crippen molar-refractivity contribution in [3.8, 4) is 0 Å². The first-order chi connectivity index (χ1) is 12.9. The molecule has 0 saturated heterocycles. The summed E-state index contributed by atoms with van der Waals surface area (Å²) in [5.41, 5.74) is 5.59. The lowest BCUT2D eigenvalue weighted by atomic mass is 9.95. The fourth-order valence-corrected chi connectivity index (χ4v) is 3.06. The Balaban J connectivity index is 1.79. The number of benzene rings is 2. The zero-order chi connectivity index (χ0) is 19.6. The Morgan fingerprint density at radius 3 is 2.78 bits per heavy atom. The fraction of sp³-hybridized carbons (Fsp3) is 0.333. The monoisotopic (exact) mass is 387 g/mol. The van der Waals surface area contributed by atoms with Gasteiger partial charge in [0.15, 0.2) is 6.10 Å². The molecule has 0 aromatic heterocycles. The maximum absolute atomic E-state index is 13.7. The quantitative estimate of drug-likeness (QED) is 0.496. The van der Waals surface area contributed by atoms with Crippen LogP contribution in [0.4, 0.5) is 10.1 Å². The van der Waals surface area contributed by atoms with Gasteiger partial charge in [-0.25, -0.2) is 9.38 Å². The largest absolute Gasteiger partial charge is 0.387 e. The van der Waals surface area contributed by atoms with E-state index in [1.54, 1.807) is 6.07 Å². The van der Waals surface area contributed by atoms with Crippen LogP contribution in [0.1, 0.15) is 41.7 Å². The number of hydrogen-bond acceptors (Lipinski definition) is 3. The molecular formula is C21H23ClFN3O. The van der Waals surface area contributed by atoms with Gasteiger partial charge in [0.2, 0.25) is 0 Å². The van der Waals surface area contributed by atoms with Gasteiger partial charge >= 0.3 is 0 Å². The molecule has 1 aliphatic rings. The molecule has 6 heteroatoms. The van der Waals surface area contributed by atoms with Crippen LogP contribution in [-0.4, -0.2) is 30.5 Å². The Bertz CT molecular complexity index is 911. The Kier molecular flexibility index (Phi) is 5.80. The summed E-state index contributed by atoms with van der Waals surface area (Å²) in [5, 5.41) is 4.27. The Morgan fingerprint density at radius 2 is 2.07 bits per heavy atom. The molecule has 1 unspecified atom stereocenters. The van der Waals surface area contributed by atoms with Crippen LogP contribution in [-0.2, 0) is 4.84 Å². The molecule has 3 rings (SSSR count). The van der Waals surface area contributed by atoms with Gasteiger partial charge in [-0.3, -0.25) is 0 Å². The van der Waals surface area contributed by atoms with Crippen LogP contribution in [0.15, 0.2) is 40.5 Å². The van der Waals surface area contributed by atoms with E-state index in [-0.39, 0.29) is 11.1 Å². The standard InChI is InChI=1S/C21H23ClFN3O/c1-5-26(4)12-24-19-9-13(2)16(8-14(19)3)21-11-20(25-27-21)15-6-7-17(22)18(23)10-15/h6-10,12,21H,5,11H2,1-4H3/b24-12-. The normalized spacial score (nSPS) is 16.5. The summed E-state index contributed by atoms with van der Waals surface area (Å²) in [6.45, 7) is 7.06. The Morgan fingerprint density at radius 1 is 1.30 bits per heavy atom. The van der Waals surface area contributed by atoms with Gasteiger partial charge in [0.1, 0.15) is 5.82 Å². The molecule has 0 bridgehead atoms. The van der Waals surface area contributed by atoms with Crippen molar-refractivity contribution < 1.29 is 9.23 Å². The highest BCUT2D eigenvalue weighted by molar-refractivity contribution is 6.30. The van der Waals surface area contributed by atoms with Gasteiger partial charge in [-0.05, 0) is 61.7 Å². The van der Waals surface area contributed by atoms with Gasteiger partial charge in [0, 0.05) is 25.6 Å². The maximum atomic E-state index is 13.7. The molecule has 0 N–H and O–H groups in total. The van der Waals surface area contributed by atoms with Crippen LogP contribution in [0.5, 0.6) is 0 Å². The number of hydrogen-bond donors (Lipinski definition) is 0. The van der Waals surface area contributed by atoms with Crippen molar-refractivity contribution in [1.82, 2.24) is 4.90 Å². The molecule has 27 heavy (non-hydrogen) atoms. The molecule has 1 aliphatic heterocycles. The lowest BCUT2D eigenvalue weighted by Gasteiger charge is -2.15. The minimum absolute atomic E-state index is 0.103. The maximum Gasteiger partial charge on any atom is 0.158 e. The van der Waals surface area contributed by atoms with Gasteiger partial charge in [0.05, 0.1) is 22.8 Å². The predicted molar refractivity (Wildman–Crippen MR) is 109 cm³/mol. The zero-order valence-corrected chi connectivity index (χ0v) is 16.7. The van der Waals surface area contributed by atoms with E-state index in [1.165, 1.54) is 12.1 Å². The van der Waals surface area contributed by atoms with Gasteiger partial charge in [-0.2, -0.15) is 0 Å². The molecule has 0 saturated carbocycles. The second-order valence-electron chi connectivity index (χ2n) is 6.78. The minimum atomic E-state index is -0.452. The number of rotatable bonds is 5. The lowest BCUT2D eigenvalue weighted by molar-refractivity contribution is 0.0852. The van der Waals surface area contributed by atoms with Crippen LogP contribution in [0, 0.1) is 19.7 Å². The number of nitrogens with zero attached hydrogens (tertiary/aromatic N) is 3. The second kappa shape index (κ2) is 8.09. The van der Waals surface area contributed by atoms with Gasteiger partial charge < -0.3 is 9.74 Å². The lowest BCUT2D eigenvalue weighted by Crippen LogP contribution is -2.14. The van der Waals surface area contributed by atoms with Gasteiger partial charge in [-0.1, -0.05) is 22.8 Å². The fourth-order valence-electron chi connectivity index (χ4n) is 2.94. The smallest absolute Gasteiger partial charge is 0.158 e. The van der Waals surface area contributed by atoms with E-state index in [0.29, 0.717) is 12.0 Å². The molecule has 0 aliphatic carbocycles. The van der Waals surface area contributed by atoms with Crippen molar-refractivity contribution in [2.75, 3.05) is 13.6 Å². The van der Waals surface area contributed by atoms with Crippen molar-refractivity contribution in [3.05, 3.63) is 63.4 Å². The third-order valence-corrected chi connectivity index (χ3v) is 5.05. The van der Waals surface area contributed by atoms with Crippen LogP contribution in [0.2, 0.25) is 5.02 Å². The third kappa shape index (κ3) is 4.30. The summed E-state index contributed by atoms with van der Waals surface area (Å²) in [4.78, 5) is 12.2. The third-order valence-electron chi connectivity index (χ3n) is 4.75. The highest BCUT2D eigenvalue weighted by Gasteiger charge is 2.26. The van der Waals surface area contributed by atoms with Crippen molar-refractivity contribution in [2.24, 2.45) is 10.1 Å². The molecule has 0 fully saturated rings. The molecule has 2 aromatic rings. The molecule has 0 spiro atoms. The van der Waals surface area contributed by atoms with E-state index >= 15 is 0 Å². The molecule has 4 nitrogen and oxygen atoms in total. The highest BCUT2D eigenvalue weighted by Crippen LogP contribution is 2.35. The van der Waals surface area contributed by atoms with E-state index in [4.69, 9.17) is 16.4 Å². The van der Waals surface area contributed by atoms with Gasteiger partial charge in [-0.15, -0.1) is 0 Å². The summed E-state index contributed by atoms with van der Waals surface area (Å²) in [5.74, 6) is -0.452. The van der Waals surface area contributed by atoms with Crippen LogP contribution in [0.3, 0.4) is 0 Å². The number of aryl methyl sites for hydroxylation is 2. The minimum Gasteiger partial charge on any atom is -0.387 e. The van der Waals surface area contributed by atoms with E-state index < -0.39 is 5.82 Å². The zero-order valence-electron chi connectivity index (χ0n) is 16.0. The van der Waals surface area contributed by atoms with Crippen LogP contribution in [0.25, 0.3) is 0 Å². The number of halogens is 2. The summed E-state index contributed by atoms with van der Waals surface area (Å²) in [6, 6.07) is 8.86. The second-order valence-corrected chi connectivity index (χ2v) is 7.19. The highest BCUT2D eigenvalue weighted by atomic mass is 35.5. The molecule has 0 radical (unpaired) electrons. The molecule has 1 atom stereocenters. The Hall–Kier alpha value is -2.40. The van der Waals surface area contributed by atoms with Gasteiger partial charge in [0.25, 0.3) is 0 Å². The van der Waals surface area contributed by atoms with E-state index in [2.05, 4.69) is 29.2 Å². The van der Waals surface area contributed by atoms with Crippen molar-refractivity contribution in [3.63, 3.8) is 0 Å². The number of oxime groups is 1.